The van der Waals surface area contributed by atoms with E-state index in [1.165, 1.54) is 21.4 Å². The quantitative estimate of drug-likeness (QED) is 0.469. The van der Waals surface area contributed by atoms with Gasteiger partial charge in [0.05, 0.1) is 10.6 Å². The van der Waals surface area contributed by atoms with Crippen molar-refractivity contribution in [3.05, 3.63) is 74.9 Å². The number of aromatic carboxylic acids is 1. The molecule has 5 heteroatoms. The third kappa shape index (κ3) is 2.82. The third-order valence-electron chi connectivity index (χ3n) is 5.76. The Balaban J connectivity index is 1.64. The van der Waals surface area contributed by atoms with Crippen LogP contribution in [0.5, 0.6) is 5.75 Å². The van der Waals surface area contributed by atoms with E-state index in [1.807, 2.05) is 6.08 Å². The van der Waals surface area contributed by atoms with Gasteiger partial charge in [-0.2, -0.15) is 0 Å². The molecule has 0 spiro atoms. The fraction of sp³-hybridized carbons (Fsp3) is 0.167. The van der Waals surface area contributed by atoms with Gasteiger partial charge in [0.2, 0.25) is 0 Å². The van der Waals surface area contributed by atoms with Gasteiger partial charge in [-0.1, -0.05) is 23.9 Å². The fourth-order valence-corrected chi connectivity index (χ4v) is 4.96. The number of carbonyl (C=O) groups is 1. The van der Waals surface area contributed by atoms with E-state index in [0.717, 1.165) is 45.6 Å². The number of aromatic hydroxyl groups is 1. The largest absolute Gasteiger partial charge is 0.507 e. The number of carboxylic acid groups (broad SMARTS) is 1. The summed E-state index contributed by atoms with van der Waals surface area (Å²) in [5.41, 5.74) is 10.8. The molecule has 29 heavy (non-hydrogen) atoms. The number of aromatic nitrogens is 1. The van der Waals surface area contributed by atoms with Crippen LogP contribution in [0.15, 0.2) is 52.6 Å². The van der Waals surface area contributed by atoms with Gasteiger partial charge in [0.25, 0.3) is 0 Å². The van der Waals surface area contributed by atoms with Crippen molar-refractivity contribution in [2.75, 3.05) is 0 Å². The molecule has 4 nitrogen and oxygen atoms in total. The number of carboxylic acids is 1. The number of nitrogens with one attached hydrogen (secondary N) is 1. The van der Waals surface area contributed by atoms with E-state index in [9.17, 15) is 15.0 Å². The molecule has 144 valence electrons. The van der Waals surface area contributed by atoms with Crippen LogP contribution in [0.1, 0.15) is 40.9 Å². The van der Waals surface area contributed by atoms with E-state index in [0.29, 0.717) is 0 Å². The zero-order chi connectivity index (χ0) is 20.3. The van der Waals surface area contributed by atoms with Gasteiger partial charge < -0.3 is 15.2 Å². The predicted octanol–water partition coefficient (Wildman–Crippen LogP) is 5.87. The monoisotopic (exact) mass is 401 g/mol. The Hall–Kier alpha value is -3.14. The van der Waals surface area contributed by atoms with Crippen molar-refractivity contribution >= 4 is 33.5 Å². The molecule has 0 saturated carbocycles. The second-order valence-electron chi connectivity index (χ2n) is 7.53. The van der Waals surface area contributed by atoms with Crippen molar-refractivity contribution in [2.45, 2.75) is 26.7 Å². The Morgan fingerprint density at radius 2 is 2.00 bits per heavy atom. The molecule has 0 atom stereocenters. The summed E-state index contributed by atoms with van der Waals surface area (Å²) in [6.07, 6.45) is 3.62. The van der Waals surface area contributed by atoms with Gasteiger partial charge >= 0.3 is 5.97 Å². The van der Waals surface area contributed by atoms with E-state index in [-0.39, 0.29) is 11.3 Å². The normalized spacial score (nSPS) is 15.3. The zero-order valence-electron chi connectivity index (χ0n) is 16.1. The lowest BCUT2D eigenvalue weighted by atomic mass is 9.87. The fourth-order valence-electron chi connectivity index (χ4n) is 4.07. The summed E-state index contributed by atoms with van der Waals surface area (Å²) in [7, 11) is 0. The van der Waals surface area contributed by atoms with Gasteiger partial charge in [-0.25, -0.2) is 4.79 Å². The van der Waals surface area contributed by atoms with Crippen LogP contribution in [-0.4, -0.2) is 21.2 Å². The summed E-state index contributed by atoms with van der Waals surface area (Å²) in [4.78, 5) is 17.2. The molecule has 1 aliphatic heterocycles. The van der Waals surface area contributed by atoms with Crippen molar-refractivity contribution in [2.24, 2.45) is 0 Å². The van der Waals surface area contributed by atoms with Crippen LogP contribution in [0.25, 0.3) is 27.1 Å². The number of rotatable bonds is 2. The number of hydrogen-bond acceptors (Lipinski definition) is 3. The average molecular weight is 401 g/mol. The highest BCUT2D eigenvalue weighted by molar-refractivity contribution is 8.11. The Morgan fingerprint density at radius 1 is 1.17 bits per heavy atom. The molecular weight excluding hydrogens is 382 g/mol. The van der Waals surface area contributed by atoms with Gasteiger partial charge in [-0.15, -0.1) is 5.73 Å². The molecule has 0 saturated heterocycles. The van der Waals surface area contributed by atoms with Crippen molar-refractivity contribution < 1.29 is 15.0 Å². The number of fused-ring (bicyclic) bond motifs is 5. The number of allylic oxidation sites excluding steroid dienone is 3. The predicted molar refractivity (Wildman–Crippen MR) is 117 cm³/mol. The summed E-state index contributed by atoms with van der Waals surface area (Å²) in [6, 6.07) is 9.60. The number of thioether (sulfide) groups is 1. The Kier molecular flexibility index (Phi) is 3.98. The molecule has 5 rings (SSSR count). The molecule has 3 aromatic rings. The summed E-state index contributed by atoms with van der Waals surface area (Å²) < 4.78 is 0. The highest BCUT2D eigenvalue weighted by Crippen LogP contribution is 2.42. The smallest absolute Gasteiger partial charge is 0.339 e. The first-order chi connectivity index (χ1) is 13.9. The molecular formula is C24H19NO3S. The maximum atomic E-state index is 11.3. The lowest BCUT2D eigenvalue weighted by Crippen LogP contribution is -2.06. The van der Waals surface area contributed by atoms with Gasteiger partial charge in [-0.3, -0.25) is 0 Å². The number of phenols is 1. The molecule has 2 heterocycles. The Morgan fingerprint density at radius 3 is 2.76 bits per heavy atom. The third-order valence-corrected chi connectivity index (χ3v) is 6.95. The van der Waals surface area contributed by atoms with Crippen LogP contribution in [0, 0.1) is 0 Å². The second-order valence-corrected chi connectivity index (χ2v) is 8.75. The standard InChI is InChI=1S/C24H19NO3S/c1-12-3-8-22(29-13(12)2)15-5-6-16-17-7-4-14-9-19(24(27)28)21(26)11-18(14)23(17)25-20(16)10-15/h3,5-6,9-11,25-26H,4,7H2,1-2H3,(H,27,28). The highest BCUT2D eigenvalue weighted by atomic mass is 32.2. The van der Waals surface area contributed by atoms with E-state index in [1.54, 1.807) is 23.9 Å². The van der Waals surface area contributed by atoms with Crippen molar-refractivity contribution in [1.82, 2.24) is 4.98 Å². The van der Waals surface area contributed by atoms with Crippen molar-refractivity contribution in [1.29, 1.82) is 0 Å². The van der Waals surface area contributed by atoms with E-state index >= 15 is 0 Å². The summed E-state index contributed by atoms with van der Waals surface area (Å²) in [5, 5.41) is 20.6. The molecule has 2 aliphatic rings. The Bertz CT molecular complexity index is 1320. The summed E-state index contributed by atoms with van der Waals surface area (Å²) in [5.74, 6) is -1.31. The molecule has 0 bridgehead atoms. The van der Waals surface area contributed by atoms with Crippen LogP contribution in [0.2, 0.25) is 0 Å². The van der Waals surface area contributed by atoms with Crippen LogP contribution in [0.4, 0.5) is 0 Å². The minimum atomic E-state index is -1.11. The second kappa shape index (κ2) is 6.45. The van der Waals surface area contributed by atoms with Crippen LogP contribution < -0.4 is 0 Å². The SMILES string of the molecule is CC1=C(C)SC(c2ccc3c4c([nH]c3c2)-c2cc(O)c(C(=O)O)cc2CC4)=C=C1. The molecule has 0 radical (unpaired) electrons. The number of H-pyrrole nitrogens is 1. The van der Waals surface area contributed by atoms with E-state index in [4.69, 9.17) is 0 Å². The molecule has 0 fully saturated rings. The van der Waals surface area contributed by atoms with Crippen molar-refractivity contribution in [3.8, 4) is 17.0 Å². The number of benzene rings is 2. The van der Waals surface area contributed by atoms with E-state index in [2.05, 4.69) is 42.8 Å². The average Bonchev–Trinajstić information content (AvgIpc) is 3.07. The molecule has 2 aromatic carbocycles. The molecule has 1 aromatic heterocycles. The lowest BCUT2D eigenvalue weighted by Gasteiger charge is -2.18. The highest BCUT2D eigenvalue weighted by Gasteiger charge is 2.24. The lowest BCUT2D eigenvalue weighted by molar-refractivity contribution is 0.0693. The zero-order valence-corrected chi connectivity index (χ0v) is 16.9. The molecule has 1 aliphatic carbocycles. The maximum Gasteiger partial charge on any atom is 0.339 e. The number of hydrogen-bond donors (Lipinski definition) is 3. The van der Waals surface area contributed by atoms with Gasteiger partial charge in [0, 0.05) is 16.5 Å². The topological polar surface area (TPSA) is 73.3 Å². The molecule has 0 amide bonds. The first-order valence-electron chi connectivity index (χ1n) is 9.49. The van der Waals surface area contributed by atoms with Crippen LogP contribution in [0.3, 0.4) is 0 Å². The summed E-state index contributed by atoms with van der Waals surface area (Å²) >= 11 is 1.74. The minimum absolute atomic E-state index is 0.0441. The van der Waals surface area contributed by atoms with Gasteiger partial charge in [0.1, 0.15) is 11.3 Å². The minimum Gasteiger partial charge on any atom is -0.507 e. The van der Waals surface area contributed by atoms with Crippen LogP contribution in [-0.2, 0) is 12.8 Å². The van der Waals surface area contributed by atoms with Crippen LogP contribution >= 0.6 is 11.8 Å². The van der Waals surface area contributed by atoms with Gasteiger partial charge in [-0.05, 0) is 78.1 Å². The number of aromatic amines is 1. The number of aryl methyl sites for hydroxylation is 2. The van der Waals surface area contributed by atoms with Crippen molar-refractivity contribution in [3.63, 3.8) is 0 Å². The molecule has 0 unspecified atom stereocenters. The summed E-state index contributed by atoms with van der Waals surface area (Å²) in [6.45, 7) is 4.22. The first-order valence-corrected chi connectivity index (χ1v) is 10.3. The molecule has 3 N–H and O–H groups in total. The Labute approximate surface area is 172 Å². The maximum absolute atomic E-state index is 11.3. The van der Waals surface area contributed by atoms with E-state index < -0.39 is 5.97 Å². The first kappa shape index (κ1) is 17.9. The van der Waals surface area contributed by atoms with Gasteiger partial charge in [0.15, 0.2) is 0 Å².